The van der Waals surface area contributed by atoms with Crippen molar-refractivity contribution in [3.05, 3.63) is 11.4 Å². The molecule has 0 saturated heterocycles. The molecule has 2 N–H and O–H groups in total. The van der Waals surface area contributed by atoms with Gasteiger partial charge in [0.05, 0.1) is 11.7 Å². The first-order valence-corrected chi connectivity index (χ1v) is 7.92. The first kappa shape index (κ1) is 17.2. The molecule has 0 aliphatic heterocycles. The van der Waals surface area contributed by atoms with Crippen molar-refractivity contribution < 1.29 is 19.4 Å². The maximum atomic E-state index is 11.7. The lowest BCUT2D eigenvalue weighted by Crippen LogP contribution is -2.34. The smallest absolute Gasteiger partial charge is 0.407 e. The summed E-state index contributed by atoms with van der Waals surface area (Å²) in [6.45, 7) is 5.63. The summed E-state index contributed by atoms with van der Waals surface area (Å²) in [5.41, 5.74) is -0.0490. The van der Waals surface area contributed by atoms with Crippen LogP contribution in [0.1, 0.15) is 68.7 Å². The number of aromatic carboxylic acids is 1. The van der Waals surface area contributed by atoms with Crippen LogP contribution in [0, 0.1) is 0 Å². The van der Waals surface area contributed by atoms with Gasteiger partial charge in [-0.25, -0.2) is 14.3 Å². The first-order valence-electron chi connectivity index (χ1n) is 7.92. The second kappa shape index (κ2) is 6.97. The van der Waals surface area contributed by atoms with Gasteiger partial charge in [-0.15, -0.1) is 5.10 Å². The van der Waals surface area contributed by atoms with Gasteiger partial charge in [-0.05, 0) is 33.6 Å². The molecule has 0 aromatic carbocycles. The molecule has 1 saturated carbocycles. The van der Waals surface area contributed by atoms with Gasteiger partial charge in [0.25, 0.3) is 0 Å². The Morgan fingerprint density at radius 1 is 1.35 bits per heavy atom. The maximum absolute atomic E-state index is 11.7. The Bertz CT molecular complexity index is 571. The maximum Gasteiger partial charge on any atom is 0.407 e. The minimum Gasteiger partial charge on any atom is -0.476 e. The lowest BCUT2D eigenvalue weighted by molar-refractivity contribution is 0.0528. The van der Waals surface area contributed by atoms with Gasteiger partial charge in [0.15, 0.2) is 5.69 Å². The molecule has 8 heteroatoms. The molecular formula is C15H24N4O4. The number of aromatic nitrogens is 3. The van der Waals surface area contributed by atoms with E-state index in [1.54, 1.807) is 25.5 Å². The van der Waals surface area contributed by atoms with Crippen molar-refractivity contribution in [2.75, 3.05) is 6.54 Å². The summed E-state index contributed by atoms with van der Waals surface area (Å²) >= 11 is 0. The van der Waals surface area contributed by atoms with E-state index in [4.69, 9.17) is 4.74 Å². The van der Waals surface area contributed by atoms with Gasteiger partial charge in [-0.2, -0.15) is 0 Å². The van der Waals surface area contributed by atoms with Crippen LogP contribution in [0.2, 0.25) is 0 Å². The molecule has 0 unspecified atom stereocenters. The zero-order valence-corrected chi connectivity index (χ0v) is 13.8. The van der Waals surface area contributed by atoms with E-state index >= 15 is 0 Å². The van der Waals surface area contributed by atoms with E-state index in [0.29, 0.717) is 12.1 Å². The van der Waals surface area contributed by atoms with Crippen molar-refractivity contribution in [2.45, 2.75) is 64.5 Å². The molecule has 0 bridgehead atoms. The summed E-state index contributed by atoms with van der Waals surface area (Å²) in [6.07, 6.45) is 4.02. The van der Waals surface area contributed by atoms with Crippen molar-refractivity contribution in [1.29, 1.82) is 0 Å². The van der Waals surface area contributed by atoms with Gasteiger partial charge in [-0.1, -0.05) is 18.1 Å². The highest BCUT2D eigenvalue weighted by Gasteiger charge is 2.26. The van der Waals surface area contributed by atoms with Crippen LogP contribution in [0.5, 0.6) is 0 Å². The Kier molecular flexibility index (Phi) is 5.23. The average molecular weight is 324 g/mol. The van der Waals surface area contributed by atoms with Crippen LogP contribution in [0.3, 0.4) is 0 Å². The lowest BCUT2D eigenvalue weighted by Gasteiger charge is -2.20. The number of nitrogens with zero attached hydrogens (tertiary/aromatic N) is 3. The number of nitrogens with one attached hydrogen (secondary N) is 1. The second-order valence-electron chi connectivity index (χ2n) is 6.75. The van der Waals surface area contributed by atoms with E-state index in [0.717, 1.165) is 25.7 Å². The zero-order valence-electron chi connectivity index (χ0n) is 13.8. The molecule has 1 aliphatic rings. The SMILES string of the molecule is CC(C)(C)OC(=O)NCCc1c(C(=O)O)nnn1C1CCCC1. The number of rotatable bonds is 5. The highest BCUT2D eigenvalue weighted by Crippen LogP contribution is 2.30. The molecule has 0 spiro atoms. The van der Waals surface area contributed by atoms with Gasteiger partial charge < -0.3 is 15.2 Å². The number of carbonyl (C=O) groups is 2. The molecule has 1 amide bonds. The summed E-state index contributed by atoms with van der Waals surface area (Å²) in [6, 6.07) is 0.201. The normalized spacial score (nSPS) is 15.6. The summed E-state index contributed by atoms with van der Waals surface area (Å²) in [5.74, 6) is -1.10. The van der Waals surface area contributed by atoms with Crippen LogP contribution in [0.15, 0.2) is 0 Å². The fraction of sp³-hybridized carbons (Fsp3) is 0.733. The molecule has 8 nitrogen and oxygen atoms in total. The van der Waals surface area contributed by atoms with Crippen molar-refractivity contribution in [2.24, 2.45) is 0 Å². The number of carbonyl (C=O) groups excluding carboxylic acids is 1. The number of ether oxygens (including phenoxy) is 1. The molecule has 128 valence electrons. The fourth-order valence-electron chi connectivity index (χ4n) is 2.75. The second-order valence-corrected chi connectivity index (χ2v) is 6.75. The highest BCUT2D eigenvalue weighted by molar-refractivity contribution is 5.86. The number of carboxylic acids is 1. The van der Waals surface area contributed by atoms with Crippen molar-refractivity contribution in [3.63, 3.8) is 0 Å². The highest BCUT2D eigenvalue weighted by atomic mass is 16.6. The third-order valence-corrected chi connectivity index (χ3v) is 3.69. The monoisotopic (exact) mass is 324 g/mol. The third-order valence-electron chi connectivity index (χ3n) is 3.69. The number of carboxylic acid groups (broad SMARTS) is 1. The molecule has 1 aromatic heterocycles. The lowest BCUT2D eigenvalue weighted by atomic mass is 10.2. The van der Waals surface area contributed by atoms with Crippen LogP contribution in [-0.4, -0.2) is 44.3 Å². The van der Waals surface area contributed by atoms with Crippen molar-refractivity contribution >= 4 is 12.1 Å². The molecular weight excluding hydrogens is 300 g/mol. The molecule has 1 aromatic rings. The van der Waals surface area contributed by atoms with Crippen molar-refractivity contribution in [1.82, 2.24) is 20.3 Å². The van der Waals surface area contributed by atoms with E-state index in [1.165, 1.54) is 0 Å². The summed E-state index contributed by atoms with van der Waals surface area (Å²) in [4.78, 5) is 23.0. The topological polar surface area (TPSA) is 106 Å². The zero-order chi connectivity index (χ0) is 17.0. The quantitative estimate of drug-likeness (QED) is 0.859. The molecule has 23 heavy (non-hydrogen) atoms. The number of hydrogen-bond donors (Lipinski definition) is 2. The largest absolute Gasteiger partial charge is 0.476 e. The summed E-state index contributed by atoms with van der Waals surface area (Å²) < 4.78 is 6.88. The van der Waals surface area contributed by atoms with Crippen LogP contribution in [0.4, 0.5) is 4.79 Å². The van der Waals surface area contributed by atoms with E-state index in [-0.39, 0.29) is 18.3 Å². The molecule has 1 fully saturated rings. The number of alkyl carbamates (subject to hydrolysis) is 1. The van der Waals surface area contributed by atoms with Gasteiger partial charge >= 0.3 is 12.1 Å². The molecule has 1 heterocycles. The van der Waals surface area contributed by atoms with E-state index in [9.17, 15) is 14.7 Å². The Hall–Kier alpha value is -2.12. The minimum atomic E-state index is -1.10. The van der Waals surface area contributed by atoms with Crippen LogP contribution >= 0.6 is 0 Å². The van der Waals surface area contributed by atoms with Crippen molar-refractivity contribution in [3.8, 4) is 0 Å². The minimum absolute atomic E-state index is 0.0390. The molecule has 2 rings (SSSR count). The summed E-state index contributed by atoms with van der Waals surface area (Å²) in [5, 5.41) is 19.7. The number of hydrogen-bond acceptors (Lipinski definition) is 5. The Morgan fingerprint density at radius 2 is 2.00 bits per heavy atom. The molecule has 0 radical (unpaired) electrons. The predicted molar refractivity (Wildman–Crippen MR) is 82.4 cm³/mol. The van der Waals surface area contributed by atoms with Crippen LogP contribution < -0.4 is 5.32 Å². The summed E-state index contributed by atoms with van der Waals surface area (Å²) in [7, 11) is 0. The van der Waals surface area contributed by atoms with E-state index < -0.39 is 17.7 Å². The van der Waals surface area contributed by atoms with Gasteiger partial charge in [0.2, 0.25) is 0 Å². The Balaban J connectivity index is 2.01. The third kappa shape index (κ3) is 4.67. The molecule has 0 atom stereocenters. The Morgan fingerprint density at radius 3 is 2.57 bits per heavy atom. The predicted octanol–water partition coefficient (Wildman–Crippen LogP) is 2.16. The standard InChI is InChI=1S/C15H24N4O4/c1-15(2,3)23-14(22)16-9-8-11-12(13(20)21)17-18-19(11)10-6-4-5-7-10/h10H,4-9H2,1-3H3,(H,16,22)(H,20,21). The Labute approximate surface area is 135 Å². The van der Waals surface area contributed by atoms with E-state index in [2.05, 4.69) is 15.6 Å². The van der Waals surface area contributed by atoms with Crippen LogP contribution in [0.25, 0.3) is 0 Å². The number of amides is 1. The molecule has 1 aliphatic carbocycles. The van der Waals surface area contributed by atoms with E-state index in [1.807, 2.05) is 0 Å². The van der Waals surface area contributed by atoms with Gasteiger partial charge in [0.1, 0.15) is 5.60 Å². The van der Waals surface area contributed by atoms with Crippen LogP contribution in [-0.2, 0) is 11.2 Å². The van der Waals surface area contributed by atoms with Gasteiger partial charge in [0, 0.05) is 13.0 Å². The average Bonchev–Trinajstić information content (AvgIpc) is 3.03. The first-order chi connectivity index (χ1) is 10.8. The van der Waals surface area contributed by atoms with Gasteiger partial charge in [-0.3, -0.25) is 0 Å². The fourth-order valence-corrected chi connectivity index (χ4v) is 2.75.